The van der Waals surface area contributed by atoms with E-state index in [1.807, 2.05) is 6.92 Å². The molecule has 0 aromatic carbocycles. The summed E-state index contributed by atoms with van der Waals surface area (Å²) in [4.78, 5) is 4.27. The fourth-order valence-electron chi connectivity index (χ4n) is 1.17. The quantitative estimate of drug-likeness (QED) is 0.693. The minimum Gasteiger partial charge on any atom is -0.339 e. The molecule has 1 aromatic rings. The first-order valence-corrected chi connectivity index (χ1v) is 4.60. The van der Waals surface area contributed by atoms with E-state index in [4.69, 9.17) is 4.52 Å². The van der Waals surface area contributed by atoms with E-state index >= 15 is 0 Å². The van der Waals surface area contributed by atoms with E-state index in [9.17, 15) is 0 Å². The zero-order chi connectivity index (χ0) is 8.97. The first kappa shape index (κ1) is 9.23. The molecule has 0 saturated carbocycles. The van der Waals surface area contributed by atoms with E-state index in [0.717, 1.165) is 31.0 Å². The normalized spacial score (nSPS) is 13.2. The van der Waals surface area contributed by atoms with Crippen LogP contribution in [0.15, 0.2) is 4.52 Å². The number of rotatable bonds is 4. The topological polar surface area (TPSA) is 38.9 Å². The highest BCUT2D eigenvalue weighted by Gasteiger charge is 2.11. The lowest BCUT2D eigenvalue weighted by Crippen LogP contribution is -1.93. The fraction of sp³-hybridized carbons (Fsp3) is 0.778. The minimum atomic E-state index is 0.405. The summed E-state index contributed by atoms with van der Waals surface area (Å²) in [6.45, 7) is 6.31. The predicted octanol–water partition coefficient (Wildman–Crippen LogP) is 2.54. The van der Waals surface area contributed by atoms with Crippen molar-refractivity contribution in [2.45, 2.75) is 46.0 Å². The Morgan fingerprint density at radius 3 is 2.67 bits per heavy atom. The third kappa shape index (κ3) is 2.06. The van der Waals surface area contributed by atoms with Gasteiger partial charge in [-0.3, -0.25) is 0 Å². The van der Waals surface area contributed by atoms with E-state index in [2.05, 4.69) is 24.0 Å². The van der Waals surface area contributed by atoms with Gasteiger partial charge in [-0.2, -0.15) is 4.98 Å². The average Bonchev–Trinajstić information content (AvgIpc) is 2.52. The van der Waals surface area contributed by atoms with Gasteiger partial charge in [0.2, 0.25) is 5.89 Å². The van der Waals surface area contributed by atoms with Crippen LogP contribution in [0.1, 0.15) is 51.2 Å². The molecular formula is C9H16N2O. The second-order valence-corrected chi connectivity index (χ2v) is 3.09. The van der Waals surface area contributed by atoms with Gasteiger partial charge in [0.15, 0.2) is 5.82 Å². The van der Waals surface area contributed by atoms with Crippen LogP contribution in [0.5, 0.6) is 0 Å². The average molecular weight is 168 g/mol. The minimum absolute atomic E-state index is 0.405. The zero-order valence-electron chi connectivity index (χ0n) is 8.00. The highest BCUT2D eigenvalue weighted by molar-refractivity contribution is 4.91. The Hall–Kier alpha value is -0.860. The fourth-order valence-corrected chi connectivity index (χ4v) is 1.17. The van der Waals surface area contributed by atoms with E-state index in [0.29, 0.717) is 5.92 Å². The van der Waals surface area contributed by atoms with Gasteiger partial charge in [-0.15, -0.1) is 0 Å². The monoisotopic (exact) mass is 168 g/mol. The molecule has 0 amide bonds. The van der Waals surface area contributed by atoms with Crippen molar-refractivity contribution >= 4 is 0 Å². The Labute approximate surface area is 73.2 Å². The summed E-state index contributed by atoms with van der Waals surface area (Å²) < 4.78 is 5.11. The Morgan fingerprint density at radius 2 is 2.17 bits per heavy atom. The molecule has 1 rings (SSSR count). The van der Waals surface area contributed by atoms with Crippen LogP contribution in [0.3, 0.4) is 0 Å². The van der Waals surface area contributed by atoms with E-state index in [-0.39, 0.29) is 0 Å². The summed E-state index contributed by atoms with van der Waals surface area (Å²) in [5.74, 6) is 2.00. The van der Waals surface area contributed by atoms with Crippen molar-refractivity contribution in [3.63, 3.8) is 0 Å². The summed E-state index contributed by atoms with van der Waals surface area (Å²) in [6, 6.07) is 0. The van der Waals surface area contributed by atoms with Crippen LogP contribution in [-0.2, 0) is 6.42 Å². The largest absolute Gasteiger partial charge is 0.339 e. The standard InChI is InChI=1S/C9H16N2O/c1-4-6-7(3)9-10-8(5-2)11-12-9/h7H,4-6H2,1-3H3. The SMILES string of the molecule is CCCC(C)c1nc(CC)no1. The van der Waals surface area contributed by atoms with Crippen molar-refractivity contribution in [1.29, 1.82) is 0 Å². The van der Waals surface area contributed by atoms with Crippen molar-refractivity contribution in [3.05, 3.63) is 11.7 Å². The molecule has 1 heterocycles. The van der Waals surface area contributed by atoms with Crippen molar-refractivity contribution in [1.82, 2.24) is 10.1 Å². The second kappa shape index (κ2) is 4.24. The lowest BCUT2D eigenvalue weighted by Gasteiger charge is -2.01. The summed E-state index contributed by atoms with van der Waals surface area (Å²) >= 11 is 0. The number of hydrogen-bond acceptors (Lipinski definition) is 3. The molecule has 0 bridgehead atoms. The summed E-state index contributed by atoms with van der Waals surface area (Å²) in [5.41, 5.74) is 0. The Kier molecular flexibility index (Phi) is 3.26. The van der Waals surface area contributed by atoms with Crippen LogP contribution in [0.2, 0.25) is 0 Å². The first-order chi connectivity index (χ1) is 5.77. The maximum Gasteiger partial charge on any atom is 0.229 e. The van der Waals surface area contributed by atoms with Gasteiger partial charge in [-0.1, -0.05) is 32.3 Å². The van der Waals surface area contributed by atoms with E-state index in [1.165, 1.54) is 0 Å². The molecule has 68 valence electrons. The molecule has 0 N–H and O–H groups in total. The van der Waals surface area contributed by atoms with Crippen LogP contribution in [0, 0.1) is 0 Å². The van der Waals surface area contributed by atoms with Crippen LogP contribution < -0.4 is 0 Å². The molecule has 0 radical (unpaired) electrons. The molecule has 0 fully saturated rings. The number of aromatic nitrogens is 2. The van der Waals surface area contributed by atoms with Crippen molar-refractivity contribution in [2.24, 2.45) is 0 Å². The molecule has 1 aromatic heterocycles. The van der Waals surface area contributed by atoms with Crippen LogP contribution in [0.4, 0.5) is 0 Å². The highest BCUT2D eigenvalue weighted by Crippen LogP contribution is 2.18. The summed E-state index contributed by atoms with van der Waals surface area (Å²) in [7, 11) is 0. The molecule has 0 saturated heterocycles. The van der Waals surface area contributed by atoms with Crippen molar-refractivity contribution < 1.29 is 4.52 Å². The van der Waals surface area contributed by atoms with Gasteiger partial charge in [-0.25, -0.2) is 0 Å². The van der Waals surface area contributed by atoms with E-state index < -0.39 is 0 Å². The van der Waals surface area contributed by atoms with Gasteiger partial charge in [0.25, 0.3) is 0 Å². The number of nitrogens with zero attached hydrogens (tertiary/aromatic N) is 2. The zero-order valence-corrected chi connectivity index (χ0v) is 8.00. The molecule has 1 atom stereocenters. The lowest BCUT2D eigenvalue weighted by atomic mass is 10.1. The second-order valence-electron chi connectivity index (χ2n) is 3.09. The smallest absolute Gasteiger partial charge is 0.229 e. The molecule has 3 nitrogen and oxygen atoms in total. The Morgan fingerprint density at radius 1 is 1.42 bits per heavy atom. The van der Waals surface area contributed by atoms with Crippen LogP contribution in [-0.4, -0.2) is 10.1 Å². The maximum absolute atomic E-state index is 5.11. The van der Waals surface area contributed by atoms with Gasteiger partial charge >= 0.3 is 0 Å². The van der Waals surface area contributed by atoms with Crippen LogP contribution >= 0.6 is 0 Å². The van der Waals surface area contributed by atoms with Gasteiger partial charge in [0.05, 0.1) is 0 Å². The molecule has 3 heteroatoms. The third-order valence-corrected chi connectivity index (χ3v) is 1.94. The molecule has 0 aliphatic rings. The molecule has 0 aliphatic carbocycles. The predicted molar refractivity (Wildman–Crippen MR) is 47.0 cm³/mol. The van der Waals surface area contributed by atoms with Crippen molar-refractivity contribution in [2.75, 3.05) is 0 Å². The molecule has 1 unspecified atom stereocenters. The van der Waals surface area contributed by atoms with Gasteiger partial charge in [-0.05, 0) is 6.42 Å². The number of hydrogen-bond donors (Lipinski definition) is 0. The van der Waals surface area contributed by atoms with Gasteiger partial charge < -0.3 is 4.52 Å². The van der Waals surface area contributed by atoms with E-state index in [1.54, 1.807) is 0 Å². The van der Waals surface area contributed by atoms with Gasteiger partial charge in [0, 0.05) is 12.3 Å². The first-order valence-electron chi connectivity index (χ1n) is 4.60. The van der Waals surface area contributed by atoms with Gasteiger partial charge in [0.1, 0.15) is 0 Å². The lowest BCUT2D eigenvalue weighted by molar-refractivity contribution is 0.349. The summed E-state index contributed by atoms with van der Waals surface area (Å²) in [5, 5.41) is 3.85. The number of aryl methyl sites for hydroxylation is 1. The third-order valence-electron chi connectivity index (χ3n) is 1.94. The highest BCUT2D eigenvalue weighted by atomic mass is 16.5. The van der Waals surface area contributed by atoms with Crippen molar-refractivity contribution in [3.8, 4) is 0 Å². The Balaban J connectivity index is 2.61. The Bertz CT molecular complexity index is 232. The summed E-state index contributed by atoms with van der Waals surface area (Å²) in [6.07, 6.45) is 3.12. The van der Waals surface area contributed by atoms with Crippen LogP contribution in [0.25, 0.3) is 0 Å². The molecule has 0 spiro atoms. The molecule has 0 aliphatic heterocycles. The maximum atomic E-state index is 5.11. The molecular weight excluding hydrogens is 152 g/mol. The molecule has 12 heavy (non-hydrogen) atoms.